The summed E-state index contributed by atoms with van der Waals surface area (Å²) in [4.78, 5) is 5.29. The lowest BCUT2D eigenvalue weighted by Gasteiger charge is -2.39. The zero-order chi connectivity index (χ0) is 16.2. The molecule has 2 aliphatic rings. The van der Waals surface area contributed by atoms with Gasteiger partial charge in [0.15, 0.2) is 0 Å². The van der Waals surface area contributed by atoms with E-state index in [-0.39, 0.29) is 0 Å². The molecule has 126 valence electrons. The van der Waals surface area contributed by atoms with Gasteiger partial charge < -0.3 is 5.32 Å². The van der Waals surface area contributed by atoms with Crippen LogP contribution in [-0.4, -0.2) is 42.5 Å². The maximum Gasteiger partial charge on any atom is 0.0364 e. The largest absolute Gasteiger partial charge is 0.313 e. The van der Waals surface area contributed by atoms with Crippen molar-refractivity contribution in [3.63, 3.8) is 0 Å². The van der Waals surface area contributed by atoms with Gasteiger partial charge >= 0.3 is 0 Å². The van der Waals surface area contributed by atoms with Crippen LogP contribution in [0.15, 0.2) is 54.6 Å². The van der Waals surface area contributed by atoms with Crippen molar-refractivity contribution in [2.24, 2.45) is 0 Å². The number of hydrogen-bond acceptors (Lipinski definition) is 3. The van der Waals surface area contributed by atoms with Crippen molar-refractivity contribution >= 4 is 0 Å². The van der Waals surface area contributed by atoms with Crippen molar-refractivity contribution in [2.45, 2.75) is 25.6 Å². The van der Waals surface area contributed by atoms with Crippen molar-refractivity contribution < 1.29 is 0 Å². The zero-order valence-electron chi connectivity index (χ0n) is 14.3. The highest BCUT2D eigenvalue weighted by Crippen LogP contribution is 2.30. The number of nitrogens with zero attached hydrogens (tertiary/aromatic N) is 2. The predicted octanol–water partition coefficient (Wildman–Crippen LogP) is 3.04. The maximum absolute atomic E-state index is 3.58. The molecule has 24 heavy (non-hydrogen) atoms. The van der Waals surface area contributed by atoms with Gasteiger partial charge in [-0.3, -0.25) is 9.80 Å². The summed E-state index contributed by atoms with van der Waals surface area (Å²) < 4.78 is 0. The van der Waals surface area contributed by atoms with Crippen molar-refractivity contribution in [3.05, 3.63) is 71.3 Å². The third kappa shape index (κ3) is 3.54. The minimum Gasteiger partial charge on any atom is -0.313 e. The molecule has 0 aliphatic carbocycles. The van der Waals surface area contributed by atoms with E-state index in [1.165, 1.54) is 43.7 Å². The number of hydrogen-bond donors (Lipinski definition) is 1. The van der Waals surface area contributed by atoms with Crippen molar-refractivity contribution in [1.29, 1.82) is 0 Å². The molecule has 3 heteroatoms. The van der Waals surface area contributed by atoms with E-state index < -0.39 is 0 Å². The van der Waals surface area contributed by atoms with Crippen LogP contribution in [0.1, 0.15) is 29.2 Å². The number of nitrogens with one attached hydrogen (secondary N) is 1. The fraction of sp³-hybridized carbons (Fsp3) is 0.429. The molecule has 0 radical (unpaired) electrons. The predicted molar refractivity (Wildman–Crippen MR) is 98.8 cm³/mol. The van der Waals surface area contributed by atoms with Gasteiger partial charge in [0.2, 0.25) is 0 Å². The van der Waals surface area contributed by atoms with Gasteiger partial charge in [-0.05, 0) is 29.7 Å². The molecule has 4 rings (SSSR count). The SMILES string of the molecule is c1ccc(CN2CCN(C3CCNCc4ccccc43)CC2)cc1. The molecular formula is C21H27N3. The third-order valence-corrected chi connectivity index (χ3v) is 5.42. The first-order chi connectivity index (χ1) is 11.9. The Morgan fingerprint density at radius 2 is 1.62 bits per heavy atom. The summed E-state index contributed by atoms with van der Waals surface area (Å²) in [7, 11) is 0. The maximum atomic E-state index is 3.58. The molecule has 0 aromatic heterocycles. The first-order valence-corrected chi connectivity index (χ1v) is 9.19. The molecule has 1 atom stereocenters. The molecule has 2 aliphatic heterocycles. The molecule has 2 heterocycles. The summed E-state index contributed by atoms with van der Waals surface area (Å²) in [6.45, 7) is 7.89. The van der Waals surface area contributed by atoms with Gasteiger partial charge in [-0.25, -0.2) is 0 Å². The summed E-state index contributed by atoms with van der Waals surface area (Å²) in [5.74, 6) is 0. The lowest BCUT2D eigenvalue weighted by atomic mass is 9.97. The number of fused-ring (bicyclic) bond motifs is 1. The van der Waals surface area contributed by atoms with Gasteiger partial charge in [-0.1, -0.05) is 54.6 Å². The Hall–Kier alpha value is -1.68. The van der Waals surface area contributed by atoms with Crippen molar-refractivity contribution in [1.82, 2.24) is 15.1 Å². The average Bonchev–Trinajstić information content (AvgIpc) is 2.86. The molecule has 0 amide bonds. The van der Waals surface area contributed by atoms with E-state index in [1.54, 1.807) is 5.56 Å². The highest BCUT2D eigenvalue weighted by atomic mass is 15.3. The third-order valence-electron chi connectivity index (χ3n) is 5.42. The van der Waals surface area contributed by atoms with Gasteiger partial charge in [0.25, 0.3) is 0 Å². The van der Waals surface area contributed by atoms with Crippen LogP contribution < -0.4 is 5.32 Å². The highest BCUT2D eigenvalue weighted by molar-refractivity contribution is 5.31. The second kappa shape index (κ2) is 7.47. The Kier molecular flexibility index (Phi) is 4.93. The van der Waals surface area contributed by atoms with Gasteiger partial charge in [-0.2, -0.15) is 0 Å². The van der Waals surface area contributed by atoms with Gasteiger partial charge in [-0.15, -0.1) is 0 Å². The summed E-state index contributed by atoms with van der Waals surface area (Å²) >= 11 is 0. The van der Waals surface area contributed by atoms with Crippen LogP contribution >= 0.6 is 0 Å². The molecule has 0 bridgehead atoms. The first kappa shape index (κ1) is 15.8. The number of rotatable bonds is 3. The Labute approximate surface area is 145 Å². The average molecular weight is 321 g/mol. The van der Waals surface area contributed by atoms with Crippen LogP contribution in [0.4, 0.5) is 0 Å². The van der Waals surface area contributed by atoms with Crippen molar-refractivity contribution in [2.75, 3.05) is 32.7 Å². The monoisotopic (exact) mass is 321 g/mol. The Morgan fingerprint density at radius 3 is 2.46 bits per heavy atom. The molecule has 3 nitrogen and oxygen atoms in total. The molecule has 1 fully saturated rings. The standard InChI is InChI=1S/C21H27N3/c1-2-6-18(7-3-1)17-23-12-14-24(15-13-23)21-10-11-22-16-19-8-4-5-9-20(19)21/h1-9,21-22H,10-17H2. The van der Waals surface area contributed by atoms with Crippen LogP contribution in [0.5, 0.6) is 0 Å². The topological polar surface area (TPSA) is 18.5 Å². The van der Waals surface area contributed by atoms with E-state index in [2.05, 4.69) is 69.7 Å². The van der Waals surface area contributed by atoms with E-state index in [9.17, 15) is 0 Å². The lowest BCUT2D eigenvalue weighted by molar-refractivity contribution is 0.0886. The van der Waals surface area contributed by atoms with E-state index >= 15 is 0 Å². The molecule has 1 N–H and O–H groups in total. The van der Waals surface area contributed by atoms with Crippen LogP contribution in [0.2, 0.25) is 0 Å². The molecule has 1 saturated heterocycles. The van der Waals surface area contributed by atoms with Gasteiger partial charge in [0, 0.05) is 45.3 Å². The fourth-order valence-corrected chi connectivity index (χ4v) is 4.09. The Bertz CT molecular complexity index is 647. The minimum atomic E-state index is 0.579. The number of benzene rings is 2. The molecular weight excluding hydrogens is 294 g/mol. The molecule has 2 aromatic carbocycles. The molecule has 0 spiro atoms. The van der Waals surface area contributed by atoms with E-state index in [1.807, 2.05) is 0 Å². The van der Waals surface area contributed by atoms with Gasteiger partial charge in [0.1, 0.15) is 0 Å². The molecule has 0 saturated carbocycles. The van der Waals surface area contributed by atoms with Crippen LogP contribution in [0, 0.1) is 0 Å². The second-order valence-electron chi connectivity index (χ2n) is 6.98. The van der Waals surface area contributed by atoms with Crippen LogP contribution in [-0.2, 0) is 13.1 Å². The van der Waals surface area contributed by atoms with Crippen molar-refractivity contribution in [3.8, 4) is 0 Å². The van der Waals surface area contributed by atoms with Crippen LogP contribution in [0.25, 0.3) is 0 Å². The summed E-state index contributed by atoms with van der Waals surface area (Å²) in [6.07, 6.45) is 1.22. The minimum absolute atomic E-state index is 0.579. The normalized spacial score (nSPS) is 22.8. The van der Waals surface area contributed by atoms with Crippen LogP contribution in [0.3, 0.4) is 0 Å². The zero-order valence-corrected chi connectivity index (χ0v) is 14.3. The number of piperazine rings is 1. The molecule has 2 aromatic rings. The Morgan fingerprint density at radius 1 is 0.875 bits per heavy atom. The van der Waals surface area contributed by atoms with E-state index in [0.717, 1.165) is 19.6 Å². The first-order valence-electron chi connectivity index (χ1n) is 9.19. The summed E-state index contributed by atoms with van der Waals surface area (Å²) in [6, 6.07) is 20.4. The van der Waals surface area contributed by atoms with Gasteiger partial charge in [0.05, 0.1) is 0 Å². The Balaban J connectivity index is 1.41. The van der Waals surface area contributed by atoms with E-state index in [0.29, 0.717) is 6.04 Å². The summed E-state index contributed by atoms with van der Waals surface area (Å²) in [5.41, 5.74) is 4.45. The summed E-state index contributed by atoms with van der Waals surface area (Å²) in [5, 5.41) is 3.58. The van der Waals surface area contributed by atoms with E-state index in [4.69, 9.17) is 0 Å². The quantitative estimate of drug-likeness (QED) is 0.937. The lowest BCUT2D eigenvalue weighted by Crippen LogP contribution is -2.47. The molecule has 1 unspecified atom stereocenters. The second-order valence-corrected chi connectivity index (χ2v) is 6.98. The smallest absolute Gasteiger partial charge is 0.0364 e. The fourth-order valence-electron chi connectivity index (χ4n) is 4.09. The highest BCUT2D eigenvalue weighted by Gasteiger charge is 2.27.